The Bertz CT molecular complexity index is 1390. The Morgan fingerprint density at radius 3 is 1.98 bits per heavy atom. The van der Waals surface area contributed by atoms with Gasteiger partial charge in [-0.3, -0.25) is 4.79 Å². The first-order valence-corrected chi connectivity index (χ1v) is 19.4. The van der Waals surface area contributed by atoms with Crippen molar-refractivity contribution in [2.24, 2.45) is 29.1 Å². The molecule has 3 saturated heterocycles. The van der Waals surface area contributed by atoms with Crippen LogP contribution in [0.1, 0.15) is 72.6 Å². The van der Waals surface area contributed by atoms with Crippen molar-refractivity contribution < 1.29 is 74.1 Å². The van der Waals surface area contributed by atoms with Gasteiger partial charge in [0.05, 0.1) is 24.9 Å². The number of hydrogen-bond donors (Lipinski definition) is 8. The van der Waals surface area contributed by atoms with Crippen molar-refractivity contribution in [3.63, 3.8) is 0 Å². The number of allylic oxidation sites excluding steroid dienone is 3. The van der Waals surface area contributed by atoms with Crippen LogP contribution in [0, 0.1) is 29.1 Å². The number of rotatable bonds is 8. The van der Waals surface area contributed by atoms with Crippen LogP contribution < -0.4 is 0 Å². The van der Waals surface area contributed by atoms with Crippen molar-refractivity contribution in [2.45, 2.75) is 171 Å². The topological polar surface area (TPSA) is 234 Å². The van der Waals surface area contributed by atoms with Crippen LogP contribution in [0.2, 0.25) is 0 Å². The zero-order chi connectivity index (χ0) is 38.1. The predicted molar refractivity (Wildman–Crippen MR) is 182 cm³/mol. The van der Waals surface area contributed by atoms with Crippen LogP contribution in [-0.2, 0) is 33.2 Å². The van der Waals surface area contributed by atoms with Crippen LogP contribution >= 0.6 is 0 Å². The summed E-state index contributed by atoms with van der Waals surface area (Å²) in [6.45, 7) is 6.27. The van der Waals surface area contributed by atoms with E-state index in [1.807, 2.05) is 0 Å². The second-order valence-corrected chi connectivity index (χ2v) is 16.7. The summed E-state index contributed by atoms with van der Waals surface area (Å²) in [5.74, 6) is 2.10. The Balaban J connectivity index is 1.09. The second kappa shape index (κ2) is 15.5. The molecule has 3 aliphatic heterocycles. The first kappa shape index (κ1) is 39.8. The highest BCUT2D eigenvalue weighted by atomic mass is 16.8. The SMILES string of the molecule is CC(=O)C1=CCC2C3CCC4=CC(OC5OC(CO)C(OC6OC(C)C(O)C(O)C6O)C(O)C5OC5OC(C)C(O)C(O)C5O)CCC4C3CCC12C. The molecule has 300 valence electrons. The van der Waals surface area contributed by atoms with Gasteiger partial charge in [0.25, 0.3) is 0 Å². The maximum absolute atomic E-state index is 12.5. The molecular weight excluding hydrogens is 696 g/mol. The van der Waals surface area contributed by atoms with E-state index in [4.69, 9.17) is 28.4 Å². The summed E-state index contributed by atoms with van der Waals surface area (Å²) in [7, 11) is 0. The van der Waals surface area contributed by atoms with Crippen LogP contribution in [0.4, 0.5) is 0 Å². The highest BCUT2D eigenvalue weighted by Gasteiger charge is 2.56. The minimum Gasteiger partial charge on any atom is -0.394 e. The molecule has 5 fully saturated rings. The predicted octanol–water partition coefficient (Wildman–Crippen LogP) is -0.427. The molecule has 0 radical (unpaired) electrons. The van der Waals surface area contributed by atoms with Crippen molar-refractivity contribution in [1.82, 2.24) is 0 Å². The maximum Gasteiger partial charge on any atom is 0.187 e. The summed E-state index contributed by atoms with van der Waals surface area (Å²) < 4.78 is 36.0. The van der Waals surface area contributed by atoms with Gasteiger partial charge in [-0.1, -0.05) is 24.6 Å². The molecule has 15 heteroatoms. The molecule has 53 heavy (non-hydrogen) atoms. The third-order valence-electron chi connectivity index (χ3n) is 13.7. The van der Waals surface area contributed by atoms with Gasteiger partial charge in [0.2, 0.25) is 0 Å². The summed E-state index contributed by atoms with van der Waals surface area (Å²) in [6.07, 6.45) is -11.2. The van der Waals surface area contributed by atoms with Crippen molar-refractivity contribution in [1.29, 1.82) is 0 Å². The Labute approximate surface area is 309 Å². The van der Waals surface area contributed by atoms with E-state index >= 15 is 0 Å². The van der Waals surface area contributed by atoms with E-state index in [0.29, 0.717) is 30.1 Å². The third kappa shape index (κ3) is 7.11. The fourth-order valence-corrected chi connectivity index (χ4v) is 10.7. The summed E-state index contributed by atoms with van der Waals surface area (Å²) in [4.78, 5) is 12.5. The molecule has 15 nitrogen and oxygen atoms in total. The van der Waals surface area contributed by atoms with E-state index in [1.165, 1.54) is 19.4 Å². The monoisotopic (exact) mass is 754 g/mol. The van der Waals surface area contributed by atoms with Crippen LogP contribution in [0.25, 0.3) is 0 Å². The van der Waals surface area contributed by atoms with Crippen LogP contribution in [0.15, 0.2) is 23.3 Å². The van der Waals surface area contributed by atoms with Gasteiger partial charge in [0.1, 0.15) is 61.0 Å². The van der Waals surface area contributed by atoms with Crippen molar-refractivity contribution in [2.75, 3.05) is 6.61 Å². The molecule has 0 aromatic rings. The lowest BCUT2D eigenvalue weighted by Gasteiger charge is -2.54. The first-order valence-electron chi connectivity index (χ1n) is 19.4. The van der Waals surface area contributed by atoms with Crippen LogP contribution in [0.5, 0.6) is 0 Å². The van der Waals surface area contributed by atoms with Gasteiger partial charge >= 0.3 is 0 Å². The van der Waals surface area contributed by atoms with E-state index in [9.17, 15) is 45.6 Å². The Morgan fingerprint density at radius 2 is 1.38 bits per heavy atom. The normalized spacial score (nSPS) is 52.8. The largest absolute Gasteiger partial charge is 0.394 e. The maximum atomic E-state index is 12.5. The highest BCUT2D eigenvalue weighted by molar-refractivity contribution is 5.95. The Kier molecular flexibility index (Phi) is 11.6. The number of carbonyl (C=O) groups excluding carboxylic acids is 1. The minimum atomic E-state index is -1.71. The zero-order valence-electron chi connectivity index (χ0n) is 30.8. The van der Waals surface area contributed by atoms with Gasteiger partial charge in [-0.2, -0.15) is 0 Å². The summed E-state index contributed by atoms with van der Waals surface area (Å²) in [5, 5.41) is 85.0. The van der Waals surface area contributed by atoms with Gasteiger partial charge in [-0.05, 0) is 100 Å². The number of fused-ring (bicyclic) bond motifs is 5. The quantitative estimate of drug-likeness (QED) is 0.147. The summed E-state index contributed by atoms with van der Waals surface area (Å²) in [5.41, 5.74) is 2.25. The van der Waals surface area contributed by atoms with E-state index in [-0.39, 0.29) is 11.2 Å². The minimum absolute atomic E-state index is 0.0599. The van der Waals surface area contributed by atoms with Gasteiger partial charge in [0.15, 0.2) is 24.7 Å². The van der Waals surface area contributed by atoms with E-state index in [1.54, 1.807) is 6.92 Å². The molecule has 2 saturated carbocycles. The van der Waals surface area contributed by atoms with E-state index in [0.717, 1.165) is 44.1 Å². The van der Waals surface area contributed by atoms with Crippen molar-refractivity contribution in [3.8, 4) is 0 Å². The summed E-state index contributed by atoms with van der Waals surface area (Å²) in [6, 6.07) is 0. The molecule has 0 spiro atoms. The number of aliphatic hydroxyl groups is 8. The van der Waals surface area contributed by atoms with E-state index < -0.39 is 105 Å². The van der Waals surface area contributed by atoms with Gasteiger partial charge < -0.3 is 69.3 Å². The molecule has 7 aliphatic rings. The second-order valence-electron chi connectivity index (χ2n) is 16.7. The first-order chi connectivity index (χ1) is 25.1. The lowest BCUT2D eigenvalue weighted by molar-refractivity contribution is -0.387. The molecule has 8 N–H and O–H groups in total. The Morgan fingerprint density at radius 1 is 0.755 bits per heavy atom. The Hall–Kier alpha value is -1.41. The summed E-state index contributed by atoms with van der Waals surface area (Å²) >= 11 is 0. The smallest absolute Gasteiger partial charge is 0.187 e. The standard InChI is InChI=1S/C38H58O15/c1-15(40)23-9-10-24-22-7-5-18-13-19(6-8-20(18)21(22)11-12-38(23,24)4)50-37-34(53-36-31(46)29(44)27(42)17(3)49-36)32(47)33(25(14-39)51-37)52-35-30(45)28(43)26(41)16(2)48-35/h9,13,16-17,19-22,24-37,39,41-47H,5-8,10-12,14H2,1-4H3. The molecule has 21 atom stereocenters. The number of ether oxygens (including phenoxy) is 6. The molecule has 3 heterocycles. The van der Waals surface area contributed by atoms with Crippen LogP contribution in [0.3, 0.4) is 0 Å². The lowest BCUT2D eigenvalue weighted by Crippen LogP contribution is -2.66. The average molecular weight is 755 g/mol. The van der Waals surface area contributed by atoms with E-state index in [2.05, 4.69) is 19.1 Å². The van der Waals surface area contributed by atoms with Gasteiger partial charge in [0, 0.05) is 0 Å². The number of Topliss-reactive ketones (excluding diaryl/α,β-unsaturated/α-hetero) is 1. The lowest BCUT2D eigenvalue weighted by atomic mass is 9.51. The molecule has 0 aromatic carbocycles. The zero-order valence-corrected chi connectivity index (χ0v) is 30.8. The third-order valence-corrected chi connectivity index (χ3v) is 13.7. The molecule has 4 aliphatic carbocycles. The number of carbonyl (C=O) groups is 1. The highest BCUT2D eigenvalue weighted by Crippen LogP contribution is 2.62. The van der Waals surface area contributed by atoms with Crippen LogP contribution in [-0.4, -0.2) is 151 Å². The van der Waals surface area contributed by atoms with Gasteiger partial charge in [-0.25, -0.2) is 0 Å². The fraction of sp³-hybridized carbons (Fsp3) is 0.868. The van der Waals surface area contributed by atoms with Gasteiger partial charge in [-0.15, -0.1) is 0 Å². The van der Waals surface area contributed by atoms with Crippen molar-refractivity contribution in [3.05, 3.63) is 23.3 Å². The molecule has 0 bridgehead atoms. The molecule has 21 unspecified atom stereocenters. The molecular formula is C38H58O15. The molecule has 0 amide bonds. The van der Waals surface area contributed by atoms with Crippen molar-refractivity contribution >= 4 is 5.78 Å². The average Bonchev–Trinajstić information content (AvgIpc) is 3.50. The number of aliphatic hydroxyl groups excluding tert-OH is 8. The number of ketones is 1. The number of hydrogen-bond acceptors (Lipinski definition) is 15. The fourth-order valence-electron chi connectivity index (χ4n) is 10.7. The molecule has 0 aromatic heterocycles. The molecule has 7 rings (SSSR count).